The van der Waals surface area contributed by atoms with Crippen LogP contribution in [-0.2, 0) is 16.0 Å². The molecule has 2 aromatic rings. The topological polar surface area (TPSA) is 65.6 Å². The number of nitrogens with zero attached hydrogens (tertiary/aromatic N) is 1. The van der Waals surface area contributed by atoms with E-state index in [4.69, 9.17) is 9.84 Å². The number of aromatic amines is 1. The van der Waals surface area contributed by atoms with Gasteiger partial charge in [-0.15, -0.1) is 0 Å². The van der Waals surface area contributed by atoms with Gasteiger partial charge < -0.3 is 14.8 Å². The summed E-state index contributed by atoms with van der Waals surface area (Å²) in [6.07, 6.45) is 6.55. The molecule has 3 atom stereocenters. The average Bonchev–Trinajstić information content (AvgIpc) is 3.32. The molecule has 148 valence electrons. The van der Waals surface area contributed by atoms with Crippen molar-refractivity contribution in [2.24, 2.45) is 0 Å². The molecule has 0 saturated carbocycles. The molecule has 1 saturated heterocycles. The lowest BCUT2D eigenvalue weighted by atomic mass is 9.87. The number of carboxylic acid groups (broad SMARTS) is 1. The molecule has 0 radical (unpaired) electrons. The lowest BCUT2D eigenvalue weighted by Crippen LogP contribution is -2.48. The number of nitrogens with one attached hydrogen (secondary N) is 1. The Morgan fingerprint density at radius 2 is 2.21 bits per heavy atom. The molecule has 0 amide bonds. The third-order valence-corrected chi connectivity index (χ3v) is 6.08. The van der Waals surface area contributed by atoms with Crippen LogP contribution in [-0.4, -0.2) is 46.3 Å². The number of fused-ring (bicyclic) bond motifs is 3. The monoisotopic (exact) mass is 380 g/mol. The molecule has 0 spiro atoms. The number of hydrogen-bond donors (Lipinski definition) is 2. The smallest absolute Gasteiger partial charge is 0.328 e. The largest absolute Gasteiger partial charge is 0.478 e. The summed E-state index contributed by atoms with van der Waals surface area (Å²) >= 11 is 0. The van der Waals surface area contributed by atoms with Crippen molar-refractivity contribution in [2.75, 3.05) is 13.2 Å². The molecule has 3 heterocycles. The molecule has 2 N–H and O–H groups in total. The van der Waals surface area contributed by atoms with E-state index in [1.807, 2.05) is 0 Å². The Bertz CT molecular complexity index is 908. The van der Waals surface area contributed by atoms with Gasteiger partial charge in [-0.1, -0.05) is 36.4 Å². The standard InChI is InChI=1S/C23H28N2O3/c1-15(8-10-22(26)27)7-9-21-23-19(18-5-3-4-6-20(18)24-23)13-16(2)25(21)17-11-12-28-14-17/h3-6,8,10,16-17,21,24H,1,7,9,11-14H2,2H3,(H,26,27)/b10-8+. The number of para-hydroxylation sites is 1. The van der Waals surface area contributed by atoms with Crippen LogP contribution < -0.4 is 0 Å². The van der Waals surface area contributed by atoms with Crippen LogP contribution in [0, 0.1) is 0 Å². The number of hydrogen-bond acceptors (Lipinski definition) is 3. The zero-order chi connectivity index (χ0) is 19.7. The molecule has 3 unspecified atom stereocenters. The second-order valence-electron chi connectivity index (χ2n) is 7.96. The Hall–Kier alpha value is -2.37. The fourth-order valence-corrected chi connectivity index (χ4v) is 4.84. The summed E-state index contributed by atoms with van der Waals surface area (Å²) in [4.78, 5) is 17.1. The van der Waals surface area contributed by atoms with Gasteiger partial charge in [-0.3, -0.25) is 4.90 Å². The molecule has 2 aliphatic rings. The quantitative estimate of drug-likeness (QED) is 0.582. The van der Waals surface area contributed by atoms with E-state index in [0.29, 0.717) is 12.1 Å². The molecular formula is C23H28N2O3. The number of benzene rings is 1. The summed E-state index contributed by atoms with van der Waals surface area (Å²) in [5.41, 5.74) is 4.77. The van der Waals surface area contributed by atoms with Gasteiger partial charge in [0.05, 0.1) is 12.6 Å². The third-order valence-electron chi connectivity index (χ3n) is 6.08. The minimum atomic E-state index is -0.935. The third kappa shape index (κ3) is 3.64. The van der Waals surface area contributed by atoms with E-state index < -0.39 is 5.97 Å². The molecule has 0 aliphatic carbocycles. The van der Waals surface area contributed by atoms with Gasteiger partial charge in [0.2, 0.25) is 0 Å². The number of carbonyl (C=O) groups is 1. The number of rotatable bonds is 6. The van der Waals surface area contributed by atoms with Crippen LogP contribution in [0.25, 0.3) is 10.9 Å². The second kappa shape index (κ2) is 7.94. The lowest BCUT2D eigenvalue weighted by Gasteiger charge is -2.44. The van der Waals surface area contributed by atoms with Crippen LogP contribution in [0.1, 0.15) is 43.5 Å². The van der Waals surface area contributed by atoms with E-state index in [1.54, 1.807) is 6.08 Å². The van der Waals surface area contributed by atoms with Crippen molar-refractivity contribution >= 4 is 16.9 Å². The minimum Gasteiger partial charge on any atom is -0.478 e. The second-order valence-corrected chi connectivity index (χ2v) is 7.96. The first-order valence-electron chi connectivity index (χ1n) is 10.1. The fraction of sp³-hybridized carbons (Fsp3) is 0.435. The Morgan fingerprint density at radius 1 is 1.39 bits per heavy atom. The molecule has 5 nitrogen and oxygen atoms in total. The van der Waals surface area contributed by atoms with E-state index in [0.717, 1.165) is 44.5 Å². The van der Waals surface area contributed by atoms with Crippen molar-refractivity contribution in [3.63, 3.8) is 0 Å². The van der Waals surface area contributed by atoms with Gasteiger partial charge >= 0.3 is 5.97 Å². The maximum atomic E-state index is 10.8. The number of H-pyrrole nitrogens is 1. The molecule has 5 heteroatoms. The molecular weight excluding hydrogens is 352 g/mol. The Balaban J connectivity index is 1.66. The van der Waals surface area contributed by atoms with Gasteiger partial charge in [0.25, 0.3) is 0 Å². The highest BCUT2D eigenvalue weighted by molar-refractivity contribution is 5.85. The molecule has 0 bridgehead atoms. The minimum absolute atomic E-state index is 0.257. The first-order chi connectivity index (χ1) is 13.5. The first-order valence-corrected chi connectivity index (χ1v) is 10.1. The van der Waals surface area contributed by atoms with Crippen LogP contribution >= 0.6 is 0 Å². The van der Waals surface area contributed by atoms with Gasteiger partial charge in [0.1, 0.15) is 0 Å². The molecule has 4 rings (SSSR count). The maximum absolute atomic E-state index is 10.8. The van der Waals surface area contributed by atoms with Crippen LogP contribution in [0.2, 0.25) is 0 Å². The van der Waals surface area contributed by atoms with Crippen LogP contribution in [0.4, 0.5) is 0 Å². The van der Waals surface area contributed by atoms with Crippen LogP contribution in [0.5, 0.6) is 0 Å². The fourth-order valence-electron chi connectivity index (χ4n) is 4.84. The SMILES string of the molecule is C=C(/C=C/C(=O)O)CCC1c2[nH]c3ccccc3c2CC(C)N1C1CCOC1. The predicted molar refractivity (Wildman–Crippen MR) is 110 cm³/mol. The number of allylic oxidation sites excluding steroid dienone is 2. The Kier molecular flexibility index (Phi) is 5.38. The molecule has 1 aromatic heterocycles. The molecule has 1 fully saturated rings. The number of ether oxygens (including phenoxy) is 1. The molecule has 1 aromatic carbocycles. The van der Waals surface area contributed by atoms with Gasteiger partial charge in [-0.25, -0.2) is 4.79 Å². The Morgan fingerprint density at radius 3 is 2.96 bits per heavy atom. The lowest BCUT2D eigenvalue weighted by molar-refractivity contribution is -0.131. The summed E-state index contributed by atoms with van der Waals surface area (Å²) < 4.78 is 5.70. The zero-order valence-electron chi connectivity index (χ0n) is 16.4. The van der Waals surface area contributed by atoms with Gasteiger partial charge in [-0.2, -0.15) is 0 Å². The summed E-state index contributed by atoms with van der Waals surface area (Å²) in [5.74, 6) is -0.935. The summed E-state index contributed by atoms with van der Waals surface area (Å²) in [6, 6.07) is 9.65. The number of carboxylic acids is 1. The Labute approximate surface area is 165 Å². The number of aliphatic carboxylic acids is 1. The van der Waals surface area contributed by atoms with Crippen LogP contribution in [0.3, 0.4) is 0 Å². The highest BCUT2D eigenvalue weighted by Gasteiger charge is 2.39. The molecule has 28 heavy (non-hydrogen) atoms. The van der Waals surface area contributed by atoms with Gasteiger partial charge in [-0.05, 0) is 44.2 Å². The van der Waals surface area contributed by atoms with Crippen molar-refractivity contribution in [2.45, 2.75) is 50.7 Å². The summed E-state index contributed by atoms with van der Waals surface area (Å²) in [5, 5.41) is 10.2. The van der Waals surface area contributed by atoms with E-state index in [1.165, 1.54) is 28.2 Å². The van der Waals surface area contributed by atoms with Crippen LogP contribution in [0.15, 0.2) is 48.6 Å². The van der Waals surface area contributed by atoms with E-state index in [2.05, 4.69) is 47.7 Å². The van der Waals surface area contributed by atoms with E-state index in [-0.39, 0.29) is 6.04 Å². The highest BCUT2D eigenvalue weighted by Crippen LogP contribution is 2.42. The average molecular weight is 380 g/mol. The van der Waals surface area contributed by atoms with Gasteiger partial charge in [0, 0.05) is 41.4 Å². The first kappa shape index (κ1) is 19.0. The van der Waals surface area contributed by atoms with Crippen molar-refractivity contribution in [1.82, 2.24) is 9.88 Å². The zero-order valence-corrected chi connectivity index (χ0v) is 16.4. The summed E-state index contributed by atoms with van der Waals surface area (Å²) in [7, 11) is 0. The van der Waals surface area contributed by atoms with Gasteiger partial charge in [0.15, 0.2) is 0 Å². The maximum Gasteiger partial charge on any atom is 0.328 e. The predicted octanol–water partition coefficient (Wildman–Crippen LogP) is 4.22. The normalized spacial score (nSPS) is 25.4. The van der Waals surface area contributed by atoms with E-state index in [9.17, 15) is 4.79 Å². The van der Waals surface area contributed by atoms with Crippen molar-refractivity contribution in [3.8, 4) is 0 Å². The van der Waals surface area contributed by atoms with Crippen molar-refractivity contribution < 1.29 is 14.6 Å². The van der Waals surface area contributed by atoms with Crippen molar-refractivity contribution in [3.05, 3.63) is 59.8 Å². The highest BCUT2D eigenvalue weighted by atomic mass is 16.5. The molecule has 2 aliphatic heterocycles. The number of aromatic nitrogens is 1. The van der Waals surface area contributed by atoms with Crippen molar-refractivity contribution in [1.29, 1.82) is 0 Å². The van der Waals surface area contributed by atoms with E-state index >= 15 is 0 Å². The summed E-state index contributed by atoms with van der Waals surface area (Å²) in [6.45, 7) is 7.98.